The summed E-state index contributed by atoms with van der Waals surface area (Å²) < 4.78 is 0. The van der Waals surface area contributed by atoms with Crippen molar-refractivity contribution in [3.05, 3.63) is 45.6 Å². The molecule has 2 rings (SSSR count). The second kappa shape index (κ2) is 5.90. The van der Waals surface area contributed by atoms with E-state index in [0.29, 0.717) is 21.6 Å². The lowest BCUT2D eigenvalue weighted by molar-refractivity contribution is -0.297. The number of aromatic amines is 1. The number of H-pyrrole nitrogens is 1. The third-order valence-electron chi connectivity index (χ3n) is 2.15. The Balaban J connectivity index is 2.24. The average molecular weight is 295 g/mol. The number of carbonyl (C=O) groups is 1. The molecule has 0 amide bonds. The normalized spacial score (nSPS) is 11.6. The van der Waals surface area contributed by atoms with Gasteiger partial charge in [0.1, 0.15) is 5.82 Å². The van der Waals surface area contributed by atoms with Gasteiger partial charge in [-0.2, -0.15) is 0 Å². The summed E-state index contributed by atoms with van der Waals surface area (Å²) in [5.41, 5.74) is 0.711. The minimum absolute atomic E-state index is 0.0290. The summed E-state index contributed by atoms with van der Waals surface area (Å²) in [6, 6.07) is 6.80. The summed E-state index contributed by atoms with van der Waals surface area (Å²) in [6.45, 7) is 1.73. The topological polar surface area (TPSA) is 81.7 Å². The summed E-state index contributed by atoms with van der Waals surface area (Å²) in [7, 11) is 0. The zero-order chi connectivity index (χ0) is 13.8. The van der Waals surface area contributed by atoms with Crippen LogP contribution in [-0.4, -0.2) is 21.2 Å². The molecule has 0 saturated carbocycles. The molecular formula is C12H9ClN3O2S-. The molecule has 1 aromatic carbocycles. The van der Waals surface area contributed by atoms with Gasteiger partial charge in [0, 0.05) is 9.93 Å². The van der Waals surface area contributed by atoms with Crippen LogP contribution in [0.25, 0.3) is 6.08 Å². The fraction of sp³-hybridized carbons (Fsp3) is 0.0833. The van der Waals surface area contributed by atoms with Crippen molar-refractivity contribution in [3.63, 3.8) is 0 Å². The van der Waals surface area contributed by atoms with Crippen LogP contribution in [0.1, 0.15) is 11.4 Å². The fourth-order valence-electron chi connectivity index (χ4n) is 1.31. The van der Waals surface area contributed by atoms with E-state index in [1.54, 1.807) is 31.2 Å². The third-order valence-corrected chi connectivity index (χ3v) is 3.27. The molecule has 0 aliphatic carbocycles. The Morgan fingerprint density at radius 2 is 2.11 bits per heavy atom. The van der Waals surface area contributed by atoms with Gasteiger partial charge in [-0.05, 0) is 42.5 Å². The zero-order valence-electron chi connectivity index (χ0n) is 9.88. The molecule has 0 bridgehead atoms. The second-order valence-electron chi connectivity index (χ2n) is 3.65. The fourth-order valence-corrected chi connectivity index (χ4v) is 2.18. The van der Waals surface area contributed by atoms with Gasteiger partial charge in [0.2, 0.25) is 5.16 Å². The number of aliphatic carboxylic acids is 1. The van der Waals surface area contributed by atoms with Gasteiger partial charge in [-0.25, -0.2) is 4.98 Å². The first kappa shape index (κ1) is 13.6. The van der Waals surface area contributed by atoms with E-state index in [9.17, 15) is 9.90 Å². The molecule has 0 atom stereocenters. The first-order valence-corrected chi connectivity index (χ1v) is 6.49. The molecule has 0 aliphatic heterocycles. The van der Waals surface area contributed by atoms with Crippen LogP contribution >= 0.6 is 23.4 Å². The molecule has 0 saturated heterocycles. The Hall–Kier alpha value is -1.79. The van der Waals surface area contributed by atoms with Crippen LogP contribution < -0.4 is 5.11 Å². The van der Waals surface area contributed by atoms with Crippen molar-refractivity contribution >= 4 is 35.4 Å². The summed E-state index contributed by atoms with van der Waals surface area (Å²) in [5.74, 6) is -0.658. The molecule has 98 valence electrons. The van der Waals surface area contributed by atoms with E-state index in [1.165, 1.54) is 6.08 Å². The highest BCUT2D eigenvalue weighted by Crippen LogP contribution is 2.25. The highest BCUT2D eigenvalue weighted by atomic mass is 35.5. The van der Waals surface area contributed by atoms with Gasteiger partial charge in [0.05, 0.1) is 5.97 Å². The standard InChI is InChI=1S/C12H10ClN3O2S/c1-7-14-12(16-15-7)19-10(11(17)18)6-8-2-4-9(13)5-3-8/h2-6H,1H3,(H,17,18)(H,14,15,16)/p-1/b10-6-. The van der Waals surface area contributed by atoms with E-state index in [2.05, 4.69) is 15.2 Å². The molecule has 1 heterocycles. The molecule has 0 aliphatic rings. The highest BCUT2D eigenvalue weighted by Gasteiger charge is 2.07. The number of halogens is 1. The number of rotatable bonds is 4. The predicted octanol–water partition coefficient (Wildman–Crippen LogP) is 1.65. The van der Waals surface area contributed by atoms with E-state index >= 15 is 0 Å². The lowest BCUT2D eigenvalue weighted by atomic mass is 10.2. The number of nitrogens with zero attached hydrogens (tertiary/aromatic N) is 2. The van der Waals surface area contributed by atoms with E-state index in [1.807, 2.05) is 0 Å². The maximum atomic E-state index is 11.1. The lowest BCUT2D eigenvalue weighted by Crippen LogP contribution is -2.23. The summed E-state index contributed by atoms with van der Waals surface area (Å²) in [6.07, 6.45) is 1.49. The van der Waals surface area contributed by atoms with Crippen LogP contribution in [0.2, 0.25) is 5.02 Å². The number of carboxylic acid groups (broad SMARTS) is 1. The van der Waals surface area contributed by atoms with E-state index in [4.69, 9.17) is 11.6 Å². The maximum Gasteiger partial charge on any atom is 0.213 e. The van der Waals surface area contributed by atoms with Crippen LogP contribution in [0.15, 0.2) is 34.3 Å². The largest absolute Gasteiger partial charge is 0.544 e. The summed E-state index contributed by atoms with van der Waals surface area (Å²) in [4.78, 5) is 15.2. The maximum absolute atomic E-state index is 11.1. The van der Waals surface area contributed by atoms with Crippen LogP contribution in [0, 0.1) is 6.92 Å². The van der Waals surface area contributed by atoms with Crippen molar-refractivity contribution in [2.75, 3.05) is 0 Å². The molecule has 7 heteroatoms. The predicted molar refractivity (Wildman–Crippen MR) is 71.4 cm³/mol. The smallest absolute Gasteiger partial charge is 0.213 e. The Labute approximate surface area is 118 Å². The first-order chi connectivity index (χ1) is 9.04. The number of carbonyl (C=O) groups excluding carboxylic acids is 1. The van der Waals surface area contributed by atoms with Gasteiger partial charge < -0.3 is 9.90 Å². The molecule has 2 aromatic rings. The molecule has 1 aromatic heterocycles. The van der Waals surface area contributed by atoms with Crippen molar-refractivity contribution in [2.24, 2.45) is 0 Å². The number of nitrogens with one attached hydrogen (secondary N) is 1. The van der Waals surface area contributed by atoms with E-state index in [-0.39, 0.29) is 4.91 Å². The van der Waals surface area contributed by atoms with Crippen LogP contribution in [-0.2, 0) is 4.79 Å². The number of carboxylic acids is 1. The van der Waals surface area contributed by atoms with Crippen molar-refractivity contribution in [2.45, 2.75) is 12.1 Å². The Kier molecular flexibility index (Phi) is 4.24. The van der Waals surface area contributed by atoms with Crippen molar-refractivity contribution in [1.29, 1.82) is 0 Å². The monoisotopic (exact) mass is 294 g/mol. The SMILES string of the molecule is Cc1nc(S/C(=C\c2ccc(Cl)cc2)C(=O)[O-])n[nH]1. The van der Waals surface area contributed by atoms with Gasteiger partial charge in [-0.3, -0.25) is 5.10 Å². The Morgan fingerprint density at radius 3 is 2.63 bits per heavy atom. The zero-order valence-corrected chi connectivity index (χ0v) is 11.5. The van der Waals surface area contributed by atoms with Crippen molar-refractivity contribution in [1.82, 2.24) is 15.2 Å². The molecular weight excluding hydrogens is 286 g/mol. The van der Waals surface area contributed by atoms with Crippen LogP contribution in [0.4, 0.5) is 0 Å². The quantitative estimate of drug-likeness (QED) is 0.685. The van der Waals surface area contributed by atoms with Gasteiger partial charge >= 0.3 is 0 Å². The number of aryl methyl sites for hydroxylation is 1. The molecule has 5 nitrogen and oxygen atoms in total. The number of hydrogen-bond donors (Lipinski definition) is 1. The molecule has 19 heavy (non-hydrogen) atoms. The van der Waals surface area contributed by atoms with Gasteiger partial charge in [-0.1, -0.05) is 23.7 Å². The van der Waals surface area contributed by atoms with E-state index < -0.39 is 5.97 Å². The van der Waals surface area contributed by atoms with E-state index in [0.717, 1.165) is 11.8 Å². The molecule has 0 fully saturated rings. The summed E-state index contributed by atoms with van der Waals surface area (Å²) in [5, 5.41) is 18.5. The van der Waals surface area contributed by atoms with Crippen molar-refractivity contribution < 1.29 is 9.90 Å². The first-order valence-electron chi connectivity index (χ1n) is 5.30. The number of benzene rings is 1. The molecule has 1 N–H and O–H groups in total. The Bertz CT molecular complexity index is 622. The third kappa shape index (κ3) is 3.84. The summed E-state index contributed by atoms with van der Waals surface area (Å²) >= 11 is 6.69. The number of thioether (sulfide) groups is 1. The van der Waals surface area contributed by atoms with Gasteiger partial charge in [0.15, 0.2) is 0 Å². The average Bonchev–Trinajstić information content (AvgIpc) is 2.76. The van der Waals surface area contributed by atoms with Gasteiger partial charge in [0.25, 0.3) is 0 Å². The lowest BCUT2D eigenvalue weighted by Gasteiger charge is -2.05. The highest BCUT2D eigenvalue weighted by molar-refractivity contribution is 8.04. The number of hydrogen-bond acceptors (Lipinski definition) is 5. The minimum atomic E-state index is -1.28. The van der Waals surface area contributed by atoms with Gasteiger partial charge in [-0.15, -0.1) is 5.10 Å². The van der Waals surface area contributed by atoms with Crippen molar-refractivity contribution in [3.8, 4) is 0 Å². The Morgan fingerprint density at radius 1 is 1.42 bits per heavy atom. The minimum Gasteiger partial charge on any atom is -0.544 e. The van der Waals surface area contributed by atoms with Crippen LogP contribution in [0.3, 0.4) is 0 Å². The molecule has 0 unspecified atom stereocenters. The molecule has 0 spiro atoms. The molecule has 0 radical (unpaired) electrons. The number of aromatic nitrogens is 3. The second-order valence-corrected chi connectivity index (χ2v) is 5.10. The van der Waals surface area contributed by atoms with Crippen LogP contribution in [0.5, 0.6) is 0 Å².